The normalized spacial score (nSPS) is 22.6. The predicted octanol–water partition coefficient (Wildman–Crippen LogP) is 2.49. The molecule has 0 heterocycles. The van der Waals surface area contributed by atoms with Crippen LogP contribution in [0.2, 0.25) is 0 Å². The lowest BCUT2D eigenvalue weighted by Crippen LogP contribution is -2.22. The fourth-order valence-corrected chi connectivity index (χ4v) is 2.73. The molecule has 0 aromatic heterocycles. The van der Waals surface area contributed by atoms with E-state index < -0.39 is 0 Å². The van der Waals surface area contributed by atoms with Gasteiger partial charge in [-0.1, -0.05) is 18.6 Å². The summed E-state index contributed by atoms with van der Waals surface area (Å²) in [5.41, 5.74) is 6.69. The van der Waals surface area contributed by atoms with Crippen molar-refractivity contribution < 1.29 is 9.66 Å². The quantitative estimate of drug-likeness (QED) is 0.632. The van der Waals surface area contributed by atoms with Gasteiger partial charge in [0.1, 0.15) is 0 Å². The van der Waals surface area contributed by atoms with Crippen LogP contribution in [0.3, 0.4) is 0 Å². The predicted molar refractivity (Wildman–Crippen MR) is 72.6 cm³/mol. The SMILES string of the molecule is NCC1CCCC1COCc1cccc([N+](=O)[O-])c1. The number of nitro groups is 1. The maximum absolute atomic E-state index is 10.7. The summed E-state index contributed by atoms with van der Waals surface area (Å²) in [6.45, 7) is 1.85. The summed E-state index contributed by atoms with van der Waals surface area (Å²) >= 11 is 0. The van der Waals surface area contributed by atoms with Gasteiger partial charge in [-0.25, -0.2) is 0 Å². The van der Waals surface area contributed by atoms with E-state index in [0.717, 1.165) is 12.1 Å². The van der Waals surface area contributed by atoms with Crippen LogP contribution in [0.4, 0.5) is 5.69 Å². The minimum atomic E-state index is -0.384. The maximum Gasteiger partial charge on any atom is 0.269 e. The van der Waals surface area contributed by atoms with Gasteiger partial charge in [-0.05, 0) is 36.8 Å². The van der Waals surface area contributed by atoms with Gasteiger partial charge in [-0.3, -0.25) is 10.1 Å². The van der Waals surface area contributed by atoms with E-state index in [4.69, 9.17) is 10.5 Å². The highest BCUT2D eigenvalue weighted by molar-refractivity contribution is 5.33. The second kappa shape index (κ2) is 6.63. The Morgan fingerprint density at radius 2 is 2.16 bits per heavy atom. The molecule has 5 heteroatoms. The molecule has 2 atom stereocenters. The maximum atomic E-state index is 10.7. The lowest BCUT2D eigenvalue weighted by Gasteiger charge is -2.17. The van der Waals surface area contributed by atoms with E-state index in [1.54, 1.807) is 12.1 Å². The zero-order chi connectivity index (χ0) is 13.7. The fourth-order valence-electron chi connectivity index (χ4n) is 2.73. The summed E-state index contributed by atoms with van der Waals surface area (Å²) in [6.07, 6.45) is 3.60. The van der Waals surface area contributed by atoms with Crippen LogP contribution in [0.1, 0.15) is 24.8 Å². The minimum Gasteiger partial charge on any atom is -0.376 e. The zero-order valence-corrected chi connectivity index (χ0v) is 11.0. The highest BCUT2D eigenvalue weighted by Crippen LogP contribution is 2.31. The van der Waals surface area contributed by atoms with E-state index >= 15 is 0 Å². The first-order valence-electron chi connectivity index (χ1n) is 6.72. The van der Waals surface area contributed by atoms with Crippen LogP contribution in [-0.2, 0) is 11.3 Å². The van der Waals surface area contributed by atoms with Crippen molar-refractivity contribution in [2.45, 2.75) is 25.9 Å². The van der Waals surface area contributed by atoms with Crippen molar-refractivity contribution >= 4 is 5.69 Å². The summed E-state index contributed by atoms with van der Waals surface area (Å²) in [7, 11) is 0. The molecule has 1 aliphatic carbocycles. The minimum absolute atomic E-state index is 0.113. The number of benzene rings is 1. The average Bonchev–Trinajstić information content (AvgIpc) is 2.86. The van der Waals surface area contributed by atoms with Crippen LogP contribution in [-0.4, -0.2) is 18.1 Å². The molecular weight excluding hydrogens is 244 g/mol. The molecule has 2 rings (SSSR count). The number of rotatable bonds is 6. The third kappa shape index (κ3) is 3.75. The standard InChI is InChI=1S/C14H20N2O3/c15-8-12-4-2-5-13(12)10-19-9-11-3-1-6-14(7-11)16(17)18/h1,3,6-7,12-13H,2,4-5,8-10,15H2. The van der Waals surface area contributed by atoms with Crippen molar-refractivity contribution in [2.24, 2.45) is 17.6 Å². The molecule has 1 aromatic carbocycles. The second-order valence-corrected chi connectivity index (χ2v) is 5.13. The van der Waals surface area contributed by atoms with Gasteiger partial charge in [0.2, 0.25) is 0 Å². The van der Waals surface area contributed by atoms with Gasteiger partial charge in [-0.15, -0.1) is 0 Å². The number of nitrogens with zero attached hydrogens (tertiary/aromatic N) is 1. The van der Waals surface area contributed by atoms with Crippen LogP contribution in [0.15, 0.2) is 24.3 Å². The van der Waals surface area contributed by atoms with Crippen LogP contribution < -0.4 is 5.73 Å². The largest absolute Gasteiger partial charge is 0.376 e. The Hall–Kier alpha value is -1.46. The molecular formula is C14H20N2O3. The van der Waals surface area contributed by atoms with Crippen molar-refractivity contribution in [1.29, 1.82) is 0 Å². The van der Waals surface area contributed by atoms with Crippen LogP contribution in [0, 0.1) is 22.0 Å². The van der Waals surface area contributed by atoms with Crippen molar-refractivity contribution in [2.75, 3.05) is 13.2 Å². The van der Waals surface area contributed by atoms with E-state index in [1.807, 2.05) is 6.07 Å². The van der Waals surface area contributed by atoms with Crippen LogP contribution >= 0.6 is 0 Å². The molecule has 19 heavy (non-hydrogen) atoms. The van der Waals surface area contributed by atoms with Crippen molar-refractivity contribution in [3.05, 3.63) is 39.9 Å². The molecule has 0 radical (unpaired) electrons. The highest BCUT2D eigenvalue weighted by Gasteiger charge is 2.25. The number of nitro benzene ring substituents is 1. The van der Waals surface area contributed by atoms with Gasteiger partial charge in [-0.2, -0.15) is 0 Å². The lowest BCUT2D eigenvalue weighted by atomic mass is 9.97. The monoisotopic (exact) mass is 264 g/mol. The molecule has 0 bridgehead atoms. The van der Waals surface area contributed by atoms with Gasteiger partial charge in [0.05, 0.1) is 18.1 Å². The highest BCUT2D eigenvalue weighted by atomic mass is 16.6. The van der Waals surface area contributed by atoms with Gasteiger partial charge in [0.25, 0.3) is 5.69 Å². The Morgan fingerprint density at radius 1 is 1.37 bits per heavy atom. The Morgan fingerprint density at radius 3 is 2.89 bits per heavy atom. The van der Waals surface area contributed by atoms with Crippen molar-refractivity contribution in [3.8, 4) is 0 Å². The smallest absolute Gasteiger partial charge is 0.269 e. The topological polar surface area (TPSA) is 78.4 Å². The molecule has 0 amide bonds. The Labute approximate surface area is 112 Å². The first-order chi connectivity index (χ1) is 9.20. The molecule has 104 valence electrons. The third-order valence-corrected chi connectivity index (χ3v) is 3.84. The van der Waals surface area contributed by atoms with Gasteiger partial charge in [0, 0.05) is 12.1 Å². The molecule has 1 aliphatic rings. The number of non-ortho nitro benzene ring substituents is 1. The van der Waals surface area contributed by atoms with Gasteiger partial charge >= 0.3 is 0 Å². The summed E-state index contributed by atoms with van der Waals surface area (Å²) < 4.78 is 5.69. The molecule has 5 nitrogen and oxygen atoms in total. The first-order valence-corrected chi connectivity index (χ1v) is 6.72. The van der Waals surface area contributed by atoms with Crippen molar-refractivity contribution in [3.63, 3.8) is 0 Å². The Balaban J connectivity index is 1.82. The molecule has 1 saturated carbocycles. The number of ether oxygens (including phenoxy) is 1. The Bertz CT molecular complexity index is 436. The zero-order valence-electron chi connectivity index (χ0n) is 11.0. The Kier molecular flexibility index (Phi) is 4.87. The molecule has 2 N–H and O–H groups in total. The van der Waals surface area contributed by atoms with Crippen molar-refractivity contribution in [1.82, 2.24) is 0 Å². The molecule has 2 unspecified atom stereocenters. The first kappa shape index (κ1) is 14.0. The summed E-state index contributed by atoms with van der Waals surface area (Å²) in [5.74, 6) is 1.12. The van der Waals surface area contributed by atoms with E-state index in [0.29, 0.717) is 25.0 Å². The average molecular weight is 264 g/mol. The van der Waals surface area contributed by atoms with Crippen LogP contribution in [0.5, 0.6) is 0 Å². The molecule has 0 spiro atoms. The molecule has 0 aliphatic heterocycles. The second-order valence-electron chi connectivity index (χ2n) is 5.13. The lowest BCUT2D eigenvalue weighted by molar-refractivity contribution is -0.384. The number of nitrogens with two attached hydrogens (primary N) is 1. The van der Waals surface area contributed by atoms with E-state index in [-0.39, 0.29) is 10.6 Å². The summed E-state index contributed by atoms with van der Waals surface area (Å²) in [5, 5.41) is 10.7. The molecule has 0 saturated heterocycles. The summed E-state index contributed by atoms with van der Waals surface area (Å²) in [6, 6.07) is 6.59. The van der Waals surface area contributed by atoms with Crippen LogP contribution in [0.25, 0.3) is 0 Å². The molecule has 1 aromatic rings. The summed E-state index contributed by atoms with van der Waals surface area (Å²) in [4.78, 5) is 10.3. The van der Waals surface area contributed by atoms with Gasteiger partial charge in [0.15, 0.2) is 0 Å². The fraction of sp³-hybridized carbons (Fsp3) is 0.571. The van der Waals surface area contributed by atoms with E-state index in [2.05, 4.69) is 0 Å². The van der Waals surface area contributed by atoms with E-state index in [1.165, 1.54) is 25.3 Å². The number of hydrogen-bond acceptors (Lipinski definition) is 4. The van der Waals surface area contributed by atoms with Gasteiger partial charge < -0.3 is 10.5 Å². The van der Waals surface area contributed by atoms with E-state index in [9.17, 15) is 10.1 Å². The molecule has 1 fully saturated rings. The number of hydrogen-bond donors (Lipinski definition) is 1. The third-order valence-electron chi connectivity index (χ3n) is 3.84.